The van der Waals surface area contributed by atoms with Crippen molar-refractivity contribution in [2.45, 2.75) is 13.0 Å². The van der Waals surface area contributed by atoms with Gasteiger partial charge in [0, 0.05) is 10.0 Å². The summed E-state index contributed by atoms with van der Waals surface area (Å²) in [6, 6.07) is 13.8. The number of fused-ring (bicyclic) bond motifs is 1. The van der Waals surface area contributed by atoms with Crippen LogP contribution in [0.4, 0.5) is 0 Å². The number of allylic oxidation sites excluding steroid dienone is 1. The predicted octanol–water partition coefficient (Wildman–Crippen LogP) is 3.72. The van der Waals surface area contributed by atoms with E-state index in [1.165, 1.54) is 23.0 Å². The summed E-state index contributed by atoms with van der Waals surface area (Å²) in [5.74, 6) is -0.514. The van der Waals surface area contributed by atoms with Crippen LogP contribution in [0.25, 0.3) is 6.08 Å². The van der Waals surface area contributed by atoms with Crippen LogP contribution < -0.4 is 14.9 Å². The largest absolute Gasteiger partial charge is 0.466 e. The van der Waals surface area contributed by atoms with Crippen LogP contribution in [0.1, 0.15) is 24.1 Å². The molecule has 3 aromatic rings. The fraction of sp³-hybridized carbons (Fsp3) is 0.136. The highest BCUT2D eigenvalue weighted by molar-refractivity contribution is 7.07. The van der Waals surface area contributed by atoms with Crippen LogP contribution >= 0.6 is 34.5 Å². The van der Waals surface area contributed by atoms with Gasteiger partial charge in [0.25, 0.3) is 5.56 Å². The van der Waals surface area contributed by atoms with Gasteiger partial charge in [-0.1, -0.05) is 70.9 Å². The van der Waals surface area contributed by atoms with E-state index in [1.807, 2.05) is 30.3 Å². The molecule has 1 aromatic heterocycles. The van der Waals surface area contributed by atoms with Gasteiger partial charge in [0.2, 0.25) is 0 Å². The lowest BCUT2D eigenvalue weighted by Gasteiger charge is -2.24. The highest BCUT2D eigenvalue weighted by atomic mass is 35.5. The number of benzene rings is 2. The topological polar surface area (TPSA) is 60.7 Å². The average Bonchev–Trinajstić information content (AvgIpc) is 3.04. The maximum absolute atomic E-state index is 13.4. The molecule has 0 bridgehead atoms. The number of rotatable bonds is 3. The number of nitrogens with zero attached hydrogens (tertiary/aromatic N) is 2. The zero-order valence-electron chi connectivity index (χ0n) is 16.1. The molecule has 0 radical (unpaired) electrons. The Morgan fingerprint density at radius 2 is 1.93 bits per heavy atom. The van der Waals surface area contributed by atoms with Crippen LogP contribution in [0.5, 0.6) is 0 Å². The minimum absolute atomic E-state index is 0.257. The van der Waals surface area contributed by atoms with Gasteiger partial charge >= 0.3 is 5.97 Å². The lowest BCUT2D eigenvalue weighted by molar-refractivity contribution is -0.136. The molecule has 8 heteroatoms. The van der Waals surface area contributed by atoms with Gasteiger partial charge < -0.3 is 4.74 Å². The summed E-state index contributed by atoms with van der Waals surface area (Å²) in [5.41, 5.74) is 2.07. The van der Waals surface area contributed by atoms with Crippen LogP contribution in [0.15, 0.2) is 69.6 Å². The number of hydrogen-bond donors (Lipinski definition) is 0. The smallest absolute Gasteiger partial charge is 0.338 e. The third-order valence-corrected chi connectivity index (χ3v) is 6.34. The number of esters is 1. The maximum atomic E-state index is 13.4. The molecule has 152 valence electrons. The van der Waals surface area contributed by atoms with E-state index < -0.39 is 12.0 Å². The van der Waals surface area contributed by atoms with Gasteiger partial charge in [0.15, 0.2) is 4.80 Å². The summed E-state index contributed by atoms with van der Waals surface area (Å²) < 4.78 is 6.98. The van der Waals surface area contributed by atoms with E-state index in [9.17, 15) is 9.59 Å². The number of halogens is 2. The van der Waals surface area contributed by atoms with E-state index in [0.29, 0.717) is 36.2 Å². The van der Waals surface area contributed by atoms with E-state index in [2.05, 4.69) is 4.99 Å². The Labute approximate surface area is 186 Å². The predicted molar refractivity (Wildman–Crippen MR) is 119 cm³/mol. The minimum atomic E-state index is -0.627. The first-order valence-electron chi connectivity index (χ1n) is 9.01. The number of aromatic nitrogens is 1. The van der Waals surface area contributed by atoms with Crippen LogP contribution in [-0.4, -0.2) is 17.6 Å². The molecule has 4 rings (SSSR count). The molecule has 0 fully saturated rings. The van der Waals surface area contributed by atoms with E-state index in [4.69, 9.17) is 27.9 Å². The molecule has 0 aliphatic carbocycles. The monoisotopic (exact) mass is 458 g/mol. The van der Waals surface area contributed by atoms with Crippen molar-refractivity contribution < 1.29 is 9.53 Å². The normalized spacial score (nSPS) is 16.3. The van der Waals surface area contributed by atoms with Crippen molar-refractivity contribution in [3.8, 4) is 0 Å². The Bertz CT molecular complexity index is 1360. The molecule has 0 saturated carbocycles. The zero-order chi connectivity index (χ0) is 21.4. The second kappa shape index (κ2) is 8.22. The molecule has 30 heavy (non-hydrogen) atoms. The molecule has 0 N–H and O–H groups in total. The van der Waals surface area contributed by atoms with E-state index >= 15 is 0 Å². The Balaban J connectivity index is 1.98. The molecule has 0 spiro atoms. The zero-order valence-corrected chi connectivity index (χ0v) is 18.4. The third kappa shape index (κ3) is 3.62. The molecule has 1 atom stereocenters. The summed E-state index contributed by atoms with van der Waals surface area (Å²) in [5, 5.41) is 0.959. The van der Waals surface area contributed by atoms with Gasteiger partial charge in [0.05, 0.1) is 29.0 Å². The molecule has 1 unspecified atom stereocenters. The van der Waals surface area contributed by atoms with E-state index in [1.54, 1.807) is 31.2 Å². The number of ether oxygens (including phenoxy) is 1. The standard InChI is InChI=1S/C22H16Cl2N2O3S/c1-12-18(21(28)29-2)19(13-6-4-3-5-7-13)26-20(27)17(30-22(26)25-12)10-14-8-9-15(23)11-16(14)24/h3-11,19H,1-2H3/b17-10+. The van der Waals surface area contributed by atoms with Crippen molar-refractivity contribution in [1.29, 1.82) is 0 Å². The maximum Gasteiger partial charge on any atom is 0.338 e. The van der Waals surface area contributed by atoms with E-state index in [-0.39, 0.29) is 5.56 Å². The molecule has 1 aliphatic rings. The number of carbonyl (C=O) groups excluding carboxylic acids is 1. The highest BCUT2D eigenvalue weighted by Gasteiger charge is 2.32. The molecule has 0 amide bonds. The molecule has 5 nitrogen and oxygen atoms in total. The van der Waals surface area contributed by atoms with Crippen molar-refractivity contribution in [1.82, 2.24) is 4.57 Å². The molecule has 1 aliphatic heterocycles. The van der Waals surface area contributed by atoms with Crippen LogP contribution in [0.2, 0.25) is 10.0 Å². The SMILES string of the molecule is COC(=O)C1=C(C)N=c2s/c(=C/c3ccc(Cl)cc3Cl)c(=O)n2C1c1ccccc1. The second-order valence-electron chi connectivity index (χ2n) is 6.65. The number of hydrogen-bond acceptors (Lipinski definition) is 5. The van der Waals surface area contributed by atoms with Crippen molar-refractivity contribution in [2.24, 2.45) is 4.99 Å². The Hall–Kier alpha value is -2.67. The molecular formula is C22H16Cl2N2O3S. The minimum Gasteiger partial charge on any atom is -0.466 e. The molecule has 0 saturated heterocycles. The van der Waals surface area contributed by atoms with Crippen LogP contribution in [-0.2, 0) is 9.53 Å². The lowest BCUT2D eigenvalue weighted by atomic mass is 9.96. The third-order valence-electron chi connectivity index (χ3n) is 4.79. The van der Waals surface area contributed by atoms with Gasteiger partial charge in [-0.3, -0.25) is 9.36 Å². The quantitative estimate of drug-likeness (QED) is 0.561. The Kier molecular flexibility index (Phi) is 5.64. The average molecular weight is 459 g/mol. The number of methoxy groups -OCH3 is 1. The first-order chi connectivity index (χ1) is 14.4. The summed E-state index contributed by atoms with van der Waals surface area (Å²) in [4.78, 5) is 31.0. The van der Waals surface area contributed by atoms with Gasteiger partial charge in [-0.2, -0.15) is 0 Å². The van der Waals surface area contributed by atoms with Crippen LogP contribution in [0.3, 0.4) is 0 Å². The fourth-order valence-corrected chi connectivity index (χ4v) is 4.90. The second-order valence-corrected chi connectivity index (χ2v) is 8.50. The molecule has 2 aromatic carbocycles. The molecule has 2 heterocycles. The lowest BCUT2D eigenvalue weighted by Crippen LogP contribution is -2.39. The summed E-state index contributed by atoms with van der Waals surface area (Å²) in [7, 11) is 1.32. The van der Waals surface area contributed by atoms with Gasteiger partial charge in [-0.05, 0) is 36.3 Å². The summed E-state index contributed by atoms with van der Waals surface area (Å²) >= 11 is 13.5. The van der Waals surface area contributed by atoms with Gasteiger partial charge in [0.1, 0.15) is 0 Å². The van der Waals surface area contributed by atoms with Gasteiger partial charge in [-0.25, -0.2) is 9.79 Å². The highest BCUT2D eigenvalue weighted by Crippen LogP contribution is 2.30. The van der Waals surface area contributed by atoms with Crippen molar-refractivity contribution in [3.63, 3.8) is 0 Å². The van der Waals surface area contributed by atoms with Crippen molar-refractivity contribution in [3.05, 3.63) is 101 Å². The Morgan fingerprint density at radius 3 is 2.60 bits per heavy atom. The van der Waals surface area contributed by atoms with Crippen molar-refractivity contribution >= 4 is 46.6 Å². The summed E-state index contributed by atoms with van der Waals surface area (Å²) in [6.07, 6.45) is 1.71. The van der Waals surface area contributed by atoms with E-state index in [0.717, 1.165) is 5.56 Å². The van der Waals surface area contributed by atoms with Crippen molar-refractivity contribution in [2.75, 3.05) is 7.11 Å². The first-order valence-corrected chi connectivity index (χ1v) is 10.6. The van der Waals surface area contributed by atoms with Gasteiger partial charge in [-0.15, -0.1) is 0 Å². The number of carbonyl (C=O) groups is 1. The first kappa shape index (κ1) is 20.6. The fourth-order valence-electron chi connectivity index (χ4n) is 3.40. The summed E-state index contributed by atoms with van der Waals surface area (Å²) in [6.45, 7) is 1.75. The number of thiazole rings is 1. The molecular weight excluding hydrogens is 443 g/mol. The van der Waals surface area contributed by atoms with Crippen LogP contribution in [0, 0.1) is 0 Å². The Morgan fingerprint density at radius 1 is 1.20 bits per heavy atom.